The molecule has 0 aromatic carbocycles. The molecule has 13 heavy (non-hydrogen) atoms. The number of hydrogen-bond donors (Lipinski definition) is 1. The van der Waals surface area contributed by atoms with E-state index in [2.05, 4.69) is 20.9 Å². The normalized spacial score (nSPS) is 10.8. The molecule has 1 aromatic heterocycles. The van der Waals surface area contributed by atoms with Gasteiger partial charge in [0, 0.05) is 26.2 Å². The lowest BCUT2D eigenvalue weighted by atomic mass is 10.2. The van der Waals surface area contributed by atoms with Crippen LogP contribution < -0.4 is 5.56 Å². The number of rotatable bonds is 2. The molecule has 0 saturated carbocycles. The Labute approximate surface area is 95.0 Å². The fourth-order valence-corrected chi connectivity index (χ4v) is 2.73. The van der Waals surface area contributed by atoms with Gasteiger partial charge >= 0.3 is 0 Å². The summed E-state index contributed by atoms with van der Waals surface area (Å²) in [5.41, 5.74) is -0.112. The Balaban J connectivity index is 3.36. The second kappa shape index (κ2) is 4.50. The molecule has 0 amide bonds. The molecular formula is C7H5BrF2INO. The van der Waals surface area contributed by atoms with Gasteiger partial charge in [0.05, 0.1) is 0 Å². The third-order valence-corrected chi connectivity index (χ3v) is 3.35. The Bertz CT molecular complexity index is 366. The predicted molar refractivity (Wildman–Crippen MR) is 57.4 cm³/mol. The van der Waals surface area contributed by atoms with Crippen LogP contribution in [0.4, 0.5) is 8.78 Å². The molecule has 0 aliphatic heterocycles. The molecule has 0 spiro atoms. The average molecular weight is 364 g/mol. The number of pyridine rings is 1. The molecule has 0 atom stereocenters. The van der Waals surface area contributed by atoms with Crippen LogP contribution in [0.15, 0.2) is 11.0 Å². The smallest absolute Gasteiger partial charge is 0.266 e. The molecule has 72 valence electrons. The Morgan fingerprint density at radius 3 is 2.69 bits per heavy atom. The maximum absolute atomic E-state index is 12.3. The van der Waals surface area contributed by atoms with E-state index in [4.69, 9.17) is 0 Å². The van der Waals surface area contributed by atoms with E-state index in [0.717, 1.165) is 6.20 Å². The van der Waals surface area contributed by atoms with Gasteiger partial charge in [-0.1, -0.05) is 15.9 Å². The highest BCUT2D eigenvalue weighted by Gasteiger charge is 2.15. The first-order valence-corrected chi connectivity index (χ1v) is 5.52. The van der Waals surface area contributed by atoms with E-state index < -0.39 is 6.43 Å². The number of nitrogens with one attached hydrogen (secondary N) is 1. The summed E-state index contributed by atoms with van der Waals surface area (Å²) in [6.07, 6.45) is -1.50. The summed E-state index contributed by atoms with van der Waals surface area (Å²) >= 11 is 4.82. The molecule has 1 N–H and O–H groups in total. The van der Waals surface area contributed by atoms with Gasteiger partial charge in [0.15, 0.2) is 0 Å². The lowest BCUT2D eigenvalue weighted by Gasteiger charge is -2.05. The largest absolute Gasteiger partial charge is 0.328 e. The van der Waals surface area contributed by atoms with E-state index in [1.54, 1.807) is 22.6 Å². The van der Waals surface area contributed by atoms with Crippen LogP contribution in [0.5, 0.6) is 0 Å². The monoisotopic (exact) mass is 363 g/mol. The number of aromatic amines is 1. The SMILES string of the molecule is O=c1[nH]cc(C(F)F)c(I)c1CBr. The first kappa shape index (κ1) is 11.1. The molecule has 1 aromatic rings. The van der Waals surface area contributed by atoms with E-state index >= 15 is 0 Å². The van der Waals surface area contributed by atoms with E-state index in [-0.39, 0.29) is 16.5 Å². The van der Waals surface area contributed by atoms with Gasteiger partial charge in [-0.2, -0.15) is 0 Å². The van der Waals surface area contributed by atoms with E-state index in [0.29, 0.717) is 9.13 Å². The molecule has 0 fully saturated rings. The number of aromatic nitrogens is 1. The third-order valence-electron chi connectivity index (χ3n) is 1.52. The average Bonchev–Trinajstić information content (AvgIpc) is 2.04. The molecule has 1 heterocycles. The first-order valence-electron chi connectivity index (χ1n) is 3.32. The van der Waals surface area contributed by atoms with Gasteiger partial charge in [0.1, 0.15) is 0 Å². The quantitative estimate of drug-likeness (QED) is 0.636. The van der Waals surface area contributed by atoms with Crippen molar-refractivity contribution >= 4 is 38.5 Å². The van der Waals surface area contributed by atoms with Crippen LogP contribution in [-0.2, 0) is 5.33 Å². The van der Waals surface area contributed by atoms with Crippen LogP contribution >= 0.6 is 38.5 Å². The van der Waals surface area contributed by atoms with Gasteiger partial charge in [-0.15, -0.1) is 0 Å². The molecule has 0 aliphatic carbocycles. The third kappa shape index (κ3) is 2.28. The standard InChI is InChI=1S/C7H5BrF2INO/c8-1-3-5(11)4(6(9)10)2-12-7(3)13/h2,6H,1H2,(H,12,13). The zero-order valence-corrected chi connectivity index (χ0v) is 10.0. The number of hydrogen-bond acceptors (Lipinski definition) is 1. The van der Waals surface area contributed by atoms with Crippen molar-refractivity contribution < 1.29 is 8.78 Å². The molecule has 6 heteroatoms. The summed E-state index contributed by atoms with van der Waals surface area (Å²) in [5.74, 6) is 0. The van der Waals surface area contributed by atoms with Gasteiger partial charge < -0.3 is 4.98 Å². The number of alkyl halides is 3. The summed E-state index contributed by atoms with van der Waals surface area (Å²) < 4.78 is 25.0. The van der Waals surface area contributed by atoms with Gasteiger partial charge in [0.2, 0.25) is 0 Å². The van der Waals surface area contributed by atoms with Gasteiger partial charge in [-0.05, 0) is 22.6 Å². The first-order chi connectivity index (χ1) is 6.07. The maximum atomic E-state index is 12.3. The van der Waals surface area contributed by atoms with Gasteiger partial charge in [-0.25, -0.2) is 8.78 Å². The summed E-state index contributed by atoms with van der Waals surface area (Å²) in [6, 6.07) is 0. The molecule has 1 rings (SSSR count). The highest BCUT2D eigenvalue weighted by molar-refractivity contribution is 14.1. The summed E-state index contributed by atoms with van der Waals surface area (Å²) in [4.78, 5) is 13.4. The second-order valence-corrected chi connectivity index (χ2v) is 3.94. The summed E-state index contributed by atoms with van der Waals surface area (Å²) in [6.45, 7) is 0. The zero-order chi connectivity index (χ0) is 10.0. The molecular weight excluding hydrogens is 359 g/mol. The lowest BCUT2D eigenvalue weighted by molar-refractivity contribution is 0.150. The summed E-state index contributed by atoms with van der Waals surface area (Å²) in [7, 11) is 0. The molecule has 0 radical (unpaired) electrons. The lowest BCUT2D eigenvalue weighted by Crippen LogP contribution is -2.14. The summed E-state index contributed by atoms with van der Waals surface area (Å²) in [5, 5.41) is 0.279. The zero-order valence-electron chi connectivity index (χ0n) is 6.28. The van der Waals surface area contributed by atoms with Crippen molar-refractivity contribution in [2.75, 3.05) is 0 Å². The van der Waals surface area contributed by atoms with E-state index in [1.165, 1.54) is 0 Å². The van der Waals surface area contributed by atoms with Crippen molar-refractivity contribution in [1.29, 1.82) is 0 Å². The van der Waals surface area contributed by atoms with Crippen molar-refractivity contribution in [3.8, 4) is 0 Å². The Morgan fingerprint density at radius 1 is 1.62 bits per heavy atom. The predicted octanol–water partition coefficient (Wildman–Crippen LogP) is 2.81. The fraction of sp³-hybridized carbons (Fsp3) is 0.286. The maximum Gasteiger partial charge on any atom is 0.266 e. The van der Waals surface area contributed by atoms with Crippen LogP contribution in [0.25, 0.3) is 0 Å². The van der Waals surface area contributed by atoms with Crippen LogP contribution in [0.1, 0.15) is 17.6 Å². The van der Waals surface area contributed by atoms with Crippen molar-refractivity contribution in [3.05, 3.63) is 31.2 Å². The van der Waals surface area contributed by atoms with Gasteiger partial charge in [0.25, 0.3) is 12.0 Å². The minimum Gasteiger partial charge on any atom is -0.328 e. The minimum atomic E-state index is -2.55. The molecule has 0 unspecified atom stereocenters. The Kier molecular flexibility index (Phi) is 3.84. The molecule has 2 nitrogen and oxygen atoms in total. The van der Waals surface area contributed by atoms with Crippen molar-refractivity contribution in [2.45, 2.75) is 11.8 Å². The van der Waals surface area contributed by atoms with E-state index in [9.17, 15) is 13.6 Å². The van der Waals surface area contributed by atoms with Gasteiger partial charge in [-0.3, -0.25) is 4.79 Å². The van der Waals surface area contributed by atoms with Crippen LogP contribution in [0.3, 0.4) is 0 Å². The van der Waals surface area contributed by atoms with Crippen molar-refractivity contribution in [1.82, 2.24) is 4.98 Å². The van der Waals surface area contributed by atoms with Crippen LogP contribution in [0, 0.1) is 3.57 Å². The number of H-pyrrole nitrogens is 1. The minimum absolute atomic E-state index is 0.130. The molecule has 0 bridgehead atoms. The Morgan fingerprint density at radius 2 is 2.23 bits per heavy atom. The highest BCUT2D eigenvalue weighted by Crippen LogP contribution is 2.25. The van der Waals surface area contributed by atoms with E-state index in [1.807, 2.05) is 0 Å². The highest BCUT2D eigenvalue weighted by atomic mass is 127. The van der Waals surface area contributed by atoms with Crippen molar-refractivity contribution in [2.24, 2.45) is 0 Å². The molecule has 0 saturated heterocycles. The fourth-order valence-electron chi connectivity index (χ4n) is 0.846. The van der Waals surface area contributed by atoms with Crippen LogP contribution in [-0.4, -0.2) is 4.98 Å². The second-order valence-electron chi connectivity index (χ2n) is 2.30. The van der Waals surface area contributed by atoms with Crippen molar-refractivity contribution in [3.63, 3.8) is 0 Å². The Hall–Kier alpha value is 0.0200. The molecule has 0 aliphatic rings. The van der Waals surface area contributed by atoms with Crippen LogP contribution in [0.2, 0.25) is 0 Å². The number of halogens is 4. The topological polar surface area (TPSA) is 32.9 Å².